The number of hydrogen-bond donors (Lipinski definition) is 1. The molecule has 0 unspecified atom stereocenters. The lowest BCUT2D eigenvalue weighted by Crippen LogP contribution is -2.24. The summed E-state index contributed by atoms with van der Waals surface area (Å²) >= 11 is 1.28. The number of aromatic nitrogens is 2. The van der Waals surface area contributed by atoms with Crippen LogP contribution in [0.2, 0.25) is 0 Å². The Labute approximate surface area is 84.1 Å². The number of imidazole rings is 1. The number of thioether (sulfide) groups is 1. The fraction of sp³-hybridized carbons (Fsp3) is 0.571. The van der Waals surface area contributed by atoms with E-state index >= 15 is 0 Å². The number of nitro groups is 1. The second kappa shape index (κ2) is 3.25. The molecule has 1 aliphatic heterocycles. The number of rotatable bonds is 1. The minimum Gasteiger partial charge on any atom is -0.390 e. The third-order valence-corrected chi connectivity index (χ3v) is 3.30. The Kier molecular flexibility index (Phi) is 2.20. The minimum absolute atomic E-state index is 0.0978. The van der Waals surface area contributed by atoms with Gasteiger partial charge in [0.15, 0.2) is 5.03 Å². The Bertz CT molecular complexity index is 390. The van der Waals surface area contributed by atoms with Crippen molar-refractivity contribution in [2.24, 2.45) is 0 Å². The van der Waals surface area contributed by atoms with E-state index in [1.165, 1.54) is 11.8 Å². The molecule has 2 rings (SSSR count). The van der Waals surface area contributed by atoms with Crippen LogP contribution < -0.4 is 0 Å². The molecule has 0 bridgehead atoms. The Balaban J connectivity index is 2.49. The number of aliphatic hydroxyl groups excluding tert-OH is 1. The SMILES string of the molecule is Cc1nc([N+](=O)[O-])c2n1C[C@@H](O)CS2. The summed E-state index contributed by atoms with van der Waals surface area (Å²) in [5.74, 6) is 0.976. The highest BCUT2D eigenvalue weighted by atomic mass is 32.2. The molecule has 0 saturated carbocycles. The van der Waals surface area contributed by atoms with Gasteiger partial charge in [-0.1, -0.05) is 11.8 Å². The summed E-state index contributed by atoms with van der Waals surface area (Å²) < 4.78 is 1.69. The number of nitrogens with zero attached hydrogens (tertiary/aromatic N) is 3. The van der Waals surface area contributed by atoms with Crippen LogP contribution in [-0.2, 0) is 6.54 Å². The zero-order valence-corrected chi connectivity index (χ0v) is 8.32. The molecule has 0 aliphatic carbocycles. The summed E-state index contributed by atoms with van der Waals surface area (Å²) in [4.78, 5) is 14.0. The van der Waals surface area contributed by atoms with Gasteiger partial charge in [0.2, 0.25) is 5.82 Å². The Morgan fingerprint density at radius 2 is 2.50 bits per heavy atom. The number of fused-ring (bicyclic) bond motifs is 1. The molecule has 2 heterocycles. The first-order valence-electron chi connectivity index (χ1n) is 4.12. The highest BCUT2D eigenvalue weighted by Crippen LogP contribution is 2.33. The molecule has 14 heavy (non-hydrogen) atoms. The maximum atomic E-state index is 10.6. The summed E-state index contributed by atoms with van der Waals surface area (Å²) in [6, 6.07) is 0. The van der Waals surface area contributed by atoms with Crippen LogP contribution in [0.3, 0.4) is 0 Å². The number of aryl methyl sites for hydroxylation is 1. The van der Waals surface area contributed by atoms with Gasteiger partial charge in [-0.2, -0.15) is 0 Å². The Hall–Kier alpha value is -1.08. The molecule has 7 heteroatoms. The molecule has 0 spiro atoms. The lowest BCUT2D eigenvalue weighted by molar-refractivity contribution is -0.392. The van der Waals surface area contributed by atoms with Gasteiger partial charge in [0.05, 0.1) is 12.6 Å². The van der Waals surface area contributed by atoms with E-state index in [4.69, 9.17) is 0 Å². The van der Waals surface area contributed by atoms with Gasteiger partial charge in [-0.3, -0.25) is 4.57 Å². The van der Waals surface area contributed by atoms with Crippen molar-refractivity contribution in [1.29, 1.82) is 0 Å². The standard InChI is InChI=1S/C7H9N3O3S/c1-4-8-6(10(12)13)7-9(4)2-5(11)3-14-7/h5,11H,2-3H2,1H3/t5-/m1/s1. The van der Waals surface area contributed by atoms with Gasteiger partial charge in [-0.25, -0.2) is 0 Å². The van der Waals surface area contributed by atoms with Crippen LogP contribution in [0.5, 0.6) is 0 Å². The maximum Gasteiger partial charge on any atom is 0.396 e. The summed E-state index contributed by atoms with van der Waals surface area (Å²) in [6.07, 6.45) is -0.444. The monoisotopic (exact) mass is 215 g/mol. The van der Waals surface area contributed by atoms with Gasteiger partial charge in [0.1, 0.15) is 0 Å². The van der Waals surface area contributed by atoms with E-state index in [0.717, 1.165) is 0 Å². The van der Waals surface area contributed by atoms with Crippen LogP contribution in [-0.4, -0.2) is 31.4 Å². The lowest BCUT2D eigenvalue weighted by atomic mass is 10.4. The number of aliphatic hydroxyl groups is 1. The van der Waals surface area contributed by atoms with Gasteiger partial charge in [-0.15, -0.1) is 0 Å². The van der Waals surface area contributed by atoms with Crippen LogP contribution in [0.15, 0.2) is 5.03 Å². The molecule has 76 valence electrons. The maximum absolute atomic E-state index is 10.6. The predicted octanol–water partition coefficient (Wildman–Crippen LogP) is 0.566. The van der Waals surface area contributed by atoms with E-state index < -0.39 is 11.0 Å². The van der Waals surface area contributed by atoms with E-state index in [1.807, 2.05) is 0 Å². The lowest BCUT2D eigenvalue weighted by Gasteiger charge is -2.18. The van der Waals surface area contributed by atoms with Crippen molar-refractivity contribution >= 4 is 17.6 Å². The fourth-order valence-electron chi connectivity index (χ4n) is 1.44. The molecule has 1 aromatic heterocycles. The third kappa shape index (κ3) is 1.38. The van der Waals surface area contributed by atoms with E-state index in [1.54, 1.807) is 11.5 Å². The first kappa shape index (κ1) is 9.47. The molecule has 0 amide bonds. The van der Waals surface area contributed by atoms with Crippen molar-refractivity contribution in [2.45, 2.75) is 24.6 Å². The molecule has 1 aliphatic rings. The molecular weight excluding hydrogens is 206 g/mol. The second-order valence-electron chi connectivity index (χ2n) is 3.12. The topological polar surface area (TPSA) is 81.2 Å². The fourth-order valence-corrected chi connectivity index (χ4v) is 2.51. The summed E-state index contributed by atoms with van der Waals surface area (Å²) in [7, 11) is 0. The highest BCUT2D eigenvalue weighted by molar-refractivity contribution is 7.99. The average Bonchev–Trinajstić information content (AvgIpc) is 2.44. The number of hydrogen-bond acceptors (Lipinski definition) is 5. The van der Waals surface area contributed by atoms with Crippen LogP contribution in [0.1, 0.15) is 5.82 Å². The van der Waals surface area contributed by atoms with Crippen molar-refractivity contribution in [3.63, 3.8) is 0 Å². The van der Waals surface area contributed by atoms with Crippen molar-refractivity contribution in [3.05, 3.63) is 15.9 Å². The summed E-state index contributed by atoms with van der Waals surface area (Å²) in [5.41, 5.74) is 0. The molecular formula is C7H9N3O3S. The molecule has 1 atom stereocenters. The van der Waals surface area contributed by atoms with E-state index in [-0.39, 0.29) is 5.82 Å². The van der Waals surface area contributed by atoms with Crippen molar-refractivity contribution < 1.29 is 10.0 Å². The van der Waals surface area contributed by atoms with Gasteiger partial charge >= 0.3 is 5.82 Å². The van der Waals surface area contributed by atoms with Crippen LogP contribution in [0.25, 0.3) is 0 Å². The van der Waals surface area contributed by atoms with E-state index in [0.29, 0.717) is 23.1 Å². The molecule has 0 saturated heterocycles. The normalized spacial score (nSPS) is 20.6. The molecule has 0 radical (unpaired) electrons. The third-order valence-electron chi connectivity index (χ3n) is 2.07. The molecule has 0 fully saturated rings. The predicted molar refractivity (Wildman–Crippen MR) is 50.3 cm³/mol. The summed E-state index contributed by atoms with van der Waals surface area (Å²) in [5, 5.41) is 20.6. The van der Waals surface area contributed by atoms with E-state index in [2.05, 4.69) is 4.98 Å². The zero-order valence-electron chi connectivity index (χ0n) is 7.51. The molecule has 1 N–H and O–H groups in total. The smallest absolute Gasteiger partial charge is 0.390 e. The molecule has 6 nitrogen and oxygen atoms in total. The highest BCUT2D eigenvalue weighted by Gasteiger charge is 2.30. The van der Waals surface area contributed by atoms with Crippen molar-refractivity contribution in [1.82, 2.24) is 9.55 Å². The molecule has 1 aromatic rings. The van der Waals surface area contributed by atoms with Crippen LogP contribution in [0.4, 0.5) is 5.82 Å². The average molecular weight is 215 g/mol. The minimum atomic E-state index is -0.483. The van der Waals surface area contributed by atoms with Crippen molar-refractivity contribution in [3.8, 4) is 0 Å². The van der Waals surface area contributed by atoms with Crippen LogP contribution in [0, 0.1) is 17.0 Å². The quantitative estimate of drug-likeness (QED) is 0.547. The zero-order chi connectivity index (χ0) is 10.3. The van der Waals surface area contributed by atoms with Crippen molar-refractivity contribution in [2.75, 3.05) is 5.75 Å². The van der Waals surface area contributed by atoms with E-state index in [9.17, 15) is 15.2 Å². The van der Waals surface area contributed by atoms with Gasteiger partial charge in [0, 0.05) is 12.7 Å². The largest absolute Gasteiger partial charge is 0.396 e. The van der Waals surface area contributed by atoms with Gasteiger partial charge in [-0.05, 0) is 9.91 Å². The first-order chi connectivity index (χ1) is 6.59. The first-order valence-corrected chi connectivity index (χ1v) is 5.10. The molecule has 0 aromatic carbocycles. The Morgan fingerprint density at radius 3 is 3.14 bits per heavy atom. The van der Waals surface area contributed by atoms with Crippen LogP contribution >= 0.6 is 11.8 Å². The summed E-state index contributed by atoms with van der Waals surface area (Å²) in [6.45, 7) is 2.10. The van der Waals surface area contributed by atoms with Gasteiger partial charge < -0.3 is 15.2 Å². The Morgan fingerprint density at radius 1 is 1.79 bits per heavy atom. The second-order valence-corrected chi connectivity index (χ2v) is 4.13. The van der Waals surface area contributed by atoms with Gasteiger partial charge in [0.25, 0.3) is 0 Å².